The van der Waals surface area contributed by atoms with Crippen molar-refractivity contribution in [2.45, 2.75) is 26.4 Å². The molecular formula is C11H22N4. The minimum absolute atomic E-state index is 0.533. The molecule has 1 aromatic heterocycles. The highest BCUT2D eigenvalue weighted by Gasteiger charge is 2.03. The number of hydrogen-bond acceptors (Lipinski definition) is 3. The summed E-state index contributed by atoms with van der Waals surface area (Å²) in [5.74, 6) is 0. The second kappa shape index (κ2) is 6.58. The van der Waals surface area contributed by atoms with Gasteiger partial charge in [0.05, 0.1) is 6.54 Å². The molecule has 1 N–H and O–H groups in total. The lowest BCUT2D eigenvalue weighted by atomic mass is 10.3. The maximum atomic E-state index is 4.16. The summed E-state index contributed by atoms with van der Waals surface area (Å²) in [6, 6.07) is 2.49. The standard InChI is InChI=1S/C11H22N4/c1-4-14(3)10-11(2)12-7-9-15-8-5-6-13-15/h5-6,8,11-12H,4,7,9-10H2,1-3H3. The average Bonchev–Trinajstić information content (AvgIpc) is 2.70. The van der Waals surface area contributed by atoms with E-state index in [0.717, 1.165) is 26.2 Å². The Hall–Kier alpha value is -0.870. The summed E-state index contributed by atoms with van der Waals surface area (Å²) in [5, 5.41) is 7.64. The molecule has 15 heavy (non-hydrogen) atoms. The fourth-order valence-electron chi connectivity index (χ4n) is 1.52. The highest BCUT2D eigenvalue weighted by atomic mass is 15.3. The Morgan fingerprint density at radius 2 is 2.33 bits per heavy atom. The fourth-order valence-corrected chi connectivity index (χ4v) is 1.52. The van der Waals surface area contributed by atoms with Crippen LogP contribution in [0.4, 0.5) is 0 Å². The molecule has 0 aromatic carbocycles. The van der Waals surface area contributed by atoms with Crippen LogP contribution in [0.25, 0.3) is 0 Å². The van der Waals surface area contributed by atoms with Gasteiger partial charge in [-0.05, 0) is 26.6 Å². The molecule has 0 radical (unpaired) electrons. The first kappa shape index (κ1) is 12.2. The Labute approximate surface area is 92.3 Å². The molecule has 0 aliphatic rings. The maximum absolute atomic E-state index is 4.16. The van der Waals surface area contributed by atoms with Crippen LogP contribution in [-0.4, -0.2) is 47.4 Å². The number of rotatable bonds is 7. The van der Waals surface area contributed by atoms with Crippen LogP contribution in [0, 0.1) is 0 Å². The van der Waals surface area contributed by atoms with E-state index in [9.17, 15) is 0 Å². The van der Waals surface area contributed by atoms with E-state index in [-0.39, 0.29) is 0 Å². The smallest absolute Gasteiger partial charge is 0.0534 e. The lowest BCUT2D eigenvalue weighted by Crippen LogP contribution is -2.38. The van der Waals surface area contributed by atoms with Gasteiger partial charge in [-0.2, -0.15) is 5.10 Å². The van der Waals surface area contributed by atoms with Crippen LogP contribution in [0.3, 0.4) is 0 Å². The second-order valence-electron chi connectivity index (χ2n) is 3.98. The zero-order valence-electron chi connectivity index (χ0n) is 9.98. The molecule has 1 rings (SSSR count). The molecule has 1 unspecified atom stereocenters. The molecule has 0 amide bonds. The van der Waals surface area contributed by atoms with Crippen molar-refractivity contribution in [2.75, 3.05) is 26.7 Å². The van der Waals surface area contributed by atoms with E-state index in [1.807, 2.05) is 23.1 Å². The van der Waals surface area contributed by atoms with Gasteiger partial charge in [-0.1, -0.05) is 6.92 Å². The van der Waals surface area contributed by atoms with Crippen LogP contribution in [0.1, 0.15) is 13.8 Å². The van der Waals surface area contributed by atoms with E-state index in [1.54, 1.807) is 0 Å². The molecule has 86 valence electrons. The topological polar surface area (TPSA) is 33.1 Å². The van der Waals surface area contributed by atoms with Crippen molar-refractivity contribution in [1.82, 2.24) is 20.0 Å². The average molecular weight is 210 g/mol. The van der Waals surface area contributed by atoms with Crippen molar-refractivity contribution in [3.05, 3.63) is 18.5 Å². The fraction of sp³-hybridized carbons (Fsp3) is 0.727. The molecule has 1 heterocycles. The van der Waals surface area contributed by atoms with Gasteiger partial charge in [0, 0.05) is 31.5 Å². The first-order chi connectivity index (χ1) is 7.22. The first-order valence-electron chi connectivity index (χ1n) is 5.61. The quantitative estimate of drug-likeness (QED) is 0.723. The van der Waals surface area contributed by atoms with E-state index in [2.05, 4.69) is 36.2 Å². The molecule has 0 aliphatic heterocycles. The van der Waals surface area contributed by atoms with Gasteiger partial charge in [-0.15, -0.1) is 0 Å². The highest BCUT2D eigenvalue weighted by molar-refractivity contribution is 4.78. The molecule has 0 saturated carbocycles. The van der Waals surface area contributed by atoms with Gasteiger partial charge in [0.2, 0.25) is 0 Å². The van der Waals surface area contributed by atoms with Crippen LogP contribution in [0.15, 0.2) is 18.5 Å². The van der Waals surface area contributed by atoms with Crippen LogP contribution < -0.4 is 5.32 Å². The lowest BCUT2D eigenvalue weighted by molar-refractivity contribution is 0.307. The molecule has 1 aromatic rings. The van der Waals surface area contributed by atoms with E-state index in [4.69, 9.17) is 0 Å². The Kier molecular flexibility index (Phi) is 5.36. The summed E-state index contributed by atoms with van der Waals surface area (Å²) in [5.41, 5.74) is 0. The minimum Gasteiger partial charge on any atom is -0.311 e. The number of nitrogens with zero attached hydrogens (tertiary/aromatic N) is 3. The zero-order chi connectivity index (χ0) is 11.1. The van der Waals surface area contributed by atoms with Gasteiger partial charge in [0.15, 0.2) is 0 Å². The molecule has 4 heteroatoms. The molecule has 0 saturated heterocycles. The van der Waals surface area contributed by atoms with Gasteiger partial charge < -0.3 is 10.2 Å². The Balaban J connectivity index is 2.09. The van der Waals surface area contributed by atoms with Crippen molar-refractivity contribution in [3.8, 4) is 0 Å². The van der Waals surface area contributed by atoms with Gasteiger partial charge in [0.1, 0.15) is 0 Å². The molecule has 1 atom stereocenters. The monoisotopic (exact) mass is 210 g/mol. The van der Waals surface area contributed by atoms with Gasteiger partial charge >= 0.3 is 0 Å². The summed E-state index contributed by atoms with van der Waals surface area (Å²) in [4.78, 5) is 2.31. The van der Waals surface area contributed by atoms with E-state index in [1.165, 1.54) is 0 Å². The third-order valence-electron chi connectivity index (χ3n) is 2.52. The third kappa shape index (κ3) is 4.95. The summed E-state index contributed by atoms with van der Waals surface area (Å²) in [7, 11) is 2.14. The van der Waals surface area contributed by atoms with Crippen molar-refractivity contribution < 1.29 is 0 Å². The van der Waals surface area contributed by atoms with Crippen molar-refractivity contribution in [3.63, 3.8) is 0 Å². The number of hydrogen-bond donors (Lipinski definition) is 1. The van der Waals surface area contributed by atoms with E-state index >= 15 is 0 Å². The SMILES string of the molecule is CCN(C)CC(C)NCCn1cccn1. The van der Waals surface area contributed by atoms with Gasteiger partial charge in [-0.25, -0.2) is 0 Å². The minimum atomic E-state index is 0.533. The number of nitrogens with one attached hydrogen (secondary N) is 1. The predicted octanol–water partition coefficient (Wildman–Crippen LogP) is 0.813. The van der Waals surface area contributed by atoms with E-state index in [0.29, 0.717) is 6.04 Å². The molecule has 0 bridgehead atoms. The lowest BCUT2D eigenvalue weighted by Gasteiger charge is -2.20. The summed E-state index contributed by atoms with van der Waals surface area (Å²) >= 11 is 0. The maximum Gasteiger partial charge on any atom is 0.0534 e. The van der Waals surface area contributed by atoms with Crippen LogP contribution in [0.2, 0.25) is 0 Å². The zero-order valence-corrected chi connectivity index (χ0v) is 9.98. The van der Waals surface area contributed by atoms with E-state index < -0.39 is 0 Å². The first-order valence-corrected chi connectivity index (χ1v) is 5.61. The second-order valence-corrected chi connectivity index (χ2v) is 3.98. The number of aromatic nitrogens is 2. The highest BCUT2D eigenvalue weighted by Crippen LogP contribution is 1.88. The van der Waals surface area contributed by atoms with Crippen molar-refractivity contribution >= 4 is 0 Å². The third-order valence-corrected chi connectivity index (χ3v) is 2.52. The van der Waals surface area contributed by atoms with Crippen LogP contribution in [0.5, 0.6) is 0 Å². The molecule has 0 fully saturated rings. The Morgan fingerprint density at radius 1 is 1.53 bits per heavy atom. The number of likely N-dealkylation sites (N-methyl/N-ethyl adjacent to an activating group) is 1. The normalized spacial score (nSPS) is 13.3. The molecule has 0 aliphatic carbocycles. The largest absolute Gasteiger partial charge is 0.311 e. The van der Waals surface area contributed by atoms with Crippen LogP contribution >= 0.6 is 0 Å². The van der Waals surface area contributed by atoms with Crippen molar-refractivity contribution in [1.29, 1.82) is 0 Å². The van der Waals surface area contributed by atoms with Gasteiger partial charge in [0.25, 0.3) is 0 Å². The molecule has 4 nitrogen and oxygen atoms in total. The summed E-state index contributed by atoms with van der Waals surface area (Å²) in [6.45, 7) is 8.50. The predicted molar refractivity (Wildman–Crippen MR) is 62.9 cm³/mol. The Morgan fingerprint density at radius 3 is 2.93 bits per heavy atom. The molecule has 0 spiro atoms. The molecular weight excluding hydrogens is 188 g/mol. The van der Waals surface area contributed by atoms with Crippen LogP contribution in [-0.2, 0) is 6.54 Å². The van der Waals surface area contributed by atoms with Gasteiger partial charge in [-0.3, -0.25) is 4.68 Å². The summed E-state index contributed by atoms with van der Waals surface area (Å²) < 4.78 is 1.95. The van der Waals surface area contributed by atoms with Crippen molar-refractivity contribution in [2.24, 2.45) is 0 Å². The summed E-state index contributed by atoms with van der Waals surface area (Å²) in [6.07, 6.45) is 3.80. The Bertz CT molecular complexity index is 245.